The van der Waals surface area contributed by atoms with Crippen LogP contribution in [0.2, 0.25) is 0 Å². The Kier molecular flexibility index (Phi) is 4.98. The molecular formula is C21H23N3OS. The van der Waals surface area contributed by atoms with E-state index in [-0.39, 0.29) is 5.91 Å². The molecule has 0 radical (unpaired) electrons. The van der Waals surface area contributed by atoms with Gasteiger partial charge in [-0.2, -0.15) is 0 Å². The number of rotatable bonds is 4. The Morgan fingerprint density at radius 2 is 2.04 bits per heavy atom. The lowest BCUT2D eigenvalue weighted by Crippen LogP contribution is -2.41. The molecule has 3 heterocycles. The molecule has 4 nitrogen and oxygen atoms in total. The number of carbonyl (C=O) groups is 1. The monoisotopic (exact) mass is 365 g/mol. The molecule has 1 fully saturated rings. The average molecular weight is 366 g/mol. The molecule has 1 aliphatic rings. The number of carbonyl (C=O) groups excluding carboxylic acids is 1. The van der Waals surface area contributed by atoms with E-state index < -0.39 is 0 Å². The largest absolute Gasteiger partial charge is 0.336 e. The van der Waals surface area contributed by atoms with Crippen LogP contribution in [0.4, 0.5) is 0 Å². The Balaban J connectivity index is 1.40. The molecule has 0 N–H and O–H groups in total. The standard InChI is InChI=1S/C21H23N3OS/c1-16-6-2-5-13-24(16)21(25)17-8-10-19(11-9-17)26-15-18-14-23-12-4-3-7-20(23)22-18/h3-4,7-12,14,16H,2,5-6,13,15H2,1H3. The number of fused-ring (bicyclic) bond motifs is 1. The van der Waals surface area contributed by atoms with Gasteiger partial charge in [0.05, 0.1) is 5.69 Å². The molecule has 0 aliphatic carbocycles. The number of thioether (sulfide) groups is 1. The van der Waals surface area contributed by atoms with Gasteiger partial charge in [0.15, 0.2) is 0 Å². The van der Waals surface area contributed by atoms with Crippen molar-refractivity contribution in [2.45, 2.75) is 42.9 Å². The quantitative estimate of drug-likeness (QED) is 0.632. The lowest BCUT2D eigenvalue weighted by Gasteiger charge is -2.33. The molecule has 1 amide bonds. The van der Waals surface area contributed by atoms with Crippen LogP contribution in [0.15, 0.2) is 59.8 Å². The van der Waals surface area contributed by atoms with E-state index in [1.165, 1.54) is 6.42 Å². The highest BCUT2D eigenvalue weighted by molar-refractivity contribution is 7.98. The first kappa shape index (κ1) is 17.2. The smallest absolute Gasteiger partial charge is 0.254 e. The van der Waals surface area contributed by atoms with Crippen molar-refractivity contribution in [3.8, 4) is 0 Å². The van der Waals surface area contributed by atoms with Crippen LogP contribution in [0.25, 0.3) is 5.65 Å². The van der Waals surface area contributed by atoms with Gasteiger partial charge >= 0.3 is 0 Å². The van der Waals surface area contributed by atoms with Crippen molar-refractivity contribution < 1.29 is 4.79 Å². The Morgan fingerprint density at radius 1 is 1.19 bits per heavy atom. The number of aromatic nitrogens is 2. The molecule has 5 heteroatoms. The number of pyridine rings is 1. The van der Waals surface area contributed by atoms with Crippen molar-refractivity contribution in [1.82, 2.24) is 14.3 Å². The fourth-order valence-electron chi connectivity index (χ4n) is 3.47. The third-order valence-electron chi connectivity index (χ3n) is 4.97. The van der Waals surface area contributed by atoms with E-state index in [0.717, 1.165) is 46.9 Å². The van der Waals surface area contributed by atoms with E-state index in [9.17, 15) is 4.79 Å². The summed E-state index contributed by atoms with van der Waals surface area (Å²) >= 11 is 1.74. The molecule has 0 bridgehead atoms. The second-order valence-electron chi connectivity index (χ2n) is 6.85. The summed E-state index contributed by atoms with van der Waals surface area (Å²) in [6.45, 7) is 3.03. The van der Waals surface area contributed by atoms with E-state index in [0.29, 0.717) is 6.04 Å². The maximum atomic E-state index is 12.7. The molecule has 1 aromatic carbocycles. The van der Waals surface area contributed by atoms with Gasteiger partial charge in [0.2, 0.25) is 0 Å². The average Bonchev–Trinajstić information content (AvgIpc) is 3.10. The highest BCUT2D eigenvalue weighted by atomic mass is 32.2. The van der Waals surface area contributed by atoms with Crippen molar-refractivity contribution in [3.63, 3.8) is 0 Å². The normalized spacial score (nSPS) is 17.6. The second kappa shape index (κ2) is 7.54. The molecule has 2 aromatic heterocycles. The van der Waals surface area contributed by atoms with E-state index in [4.69, 9.17) is 0 Å². The number of imidazole rings is 1. The summed E-state index contributed by atoms with van der Waals surface area (Å²) in [5, 5.41) is 0. The minimum absolute atomic E-state index is 0.161. The number of nitrogens with zero attached hydrogens (tertiary/aromatic N) is 3. The number of hydrogen-bond acceptors (Lipinski definition) is 3. The third kappa shape index (κ3) is 3.63. The minimum atomic E-state index is 0.161. The zero-order valence-corrected chi connectivity index (χ0v) is 15.8. The predicted octanol–water partition coefficient (Wildman–Crippen LogP) is 4.64. The Labute approximate surface area is 158 Å². The molecule has 1 unspecified atom stereocenters. The van der Waals surface area contributed by atoms with Crippen molar-refractivity contribution >= 4 is 23.3 Å². The van der Waals surface area contributed by atoms with Crippen molar-refractivity contribution in [2.75, 3.05) is 6.54 Å². The van der Waals surface area contributed by atoms with Crippen LogP contribution in [-0.4, -0.2) is 32.8 Å². The maximum absolute atomic E-state index is 12.7. The van der Waals surface area contributed by atoms with Gasteiger partial charge in [0.25, 0.3) is 5.91 Å². The van der Waals surface area contributed by atoms with E-state index in [1.807, 2.05) is 58.0 Å². The van der Waals surface area contributed by atoms with Crippen LogP contribution < -0.4 is 0 Å². The lowest BCUT2D eigenvalue weighted by atomic mass is 10.0. The molecule has 26 heavy (non-hydrogen) atoms. The number of benzene rings is 1. The van der Waals surface area contributed by atoms with Crippen LogP contribution in [0.5, 0.6) is 0 Å². The molecule has 134 valence electrons. The first-order valence-electron chi connectivity index (χ1n) is 9.17. The van der Waals surface area contributed by atoms with Crippen molar-refractivity contribution in [1.29, 1.82) is 0 Å². The molecule has 0 saturated carbocycles. The van der Waals surface area contributed by atoms with Crippen molar-refractivity contribution in [2.24, 2.45) is 0 Å². The highest BCUT2D eigenvalue weighted by Gasteiger charge is 2.23. The summed E-state index contributed by atoms with van der Waals surface area (Å²) < 4.78 is 2.04. The number of piperidine rings is 1. The number of amides is 1. The fourth-order valence-corrected chi connectivity index (χ4v) is 4.26. The van der Waals surface area contributed by atoms with Crippen molar-refractivity contribution in [3.05, 3.63) is 66.1 Å². The molecule has 1 saturated heterocycles. The summed E-state index contributed by atoms with van der Waals surface area (Å²) in [4.78, 5) is 20.5. The van der Waals surface area contributed by atoms with Crippen LogP contribution in [0.1, 0.15) is 42.2 Å². The zero-order valence-electron chi connectivity index (χ0n) is 15.0. The predicted molar refractivity (Wildman–Crippen MR) is 106 cm³/mol. The molecule has 4 rings (SSSR count). The van der Waals surface area contributed by atoms with Gasteiger partial charge in [0.1, 0.15) is 5.65 Å². The van der Waals surface area contributed by atoms with Gasteiger partial charge in [-0.1, -0.05) is 6.07 Å². The topological polar surface area (TPSA) is 37.6 Å². The minimum Gasteiger partial charge on any atom is -0.336 e. The summed E-state index contributed by atoms with van der Waals surface area (Å²) in [5.74, 6) is 0.979. The maximum Gasteiger partial charge on any atom is 0.254 e. The van der Waals surface area contributed by atoms with Crippen LogP contribution >= 0.6 is 11.8 Å². The Hall–Kier alpha value is -2.27. The molecular weight excluding hydrogens is 342 g/mol. The molecule has 0 spiro atoms. The third-order valence-corrected chi connectivity index (χ3v) is 6.01. The van der Waals surface area contributed by atoms with Crippen LogP contribution in [-0.2, 0) is 5.75 Å². The molecule has 3 aromatic rings. The highest BCUT2D eigenvalue weighted by Crippen LogP contribution is 2.24. The Bertz CT molecular complexity index is 870. The SMILES string of the molecule is CC1CCCCN1C(=O)c1ccc(SCc2cn3ccccc3n2)cc1. The van der Waals surface area contributed by atoms with Gasteiger partial charge in [0, 0.05) is 41.2 Å². The summed E-state index contributed by atoms with van der Waals surface area (Å²) in [5.41, 5.74) is 2.82. The van der Waals surface area contributed by atoms with E-state index in [2.05, 4.69) is 18.1 Å². The Morgan fingerprint density at radius 3 is 2.81 bits per heavy atom. The van der Waals surface area contributed by atoms with Gasteiger partial charge in [-0.05, 0) is 62.6 Å². The molecule has 1 atom stereocenters. The summed E-state index contributed by atoms with van der Waals surface area (Å²) in [6, 6.07) is 14.4. The second-order valence-corrected chi connectivity index (χ2v) is 7.90. The number of likely N-dealkylation sites (tertiary alicyclic amines) is 1. The van der Waals surface area contributed by atoms with Crippen LogP contribution in [0, 0.1) is 0 Å². The van der Waals surface area contributed by atoms with Gasteiger partial charge in [-0.15, -0.1) is 11.8 Å². The van der Waals surface area contributed by atoms with E-state index in [1.54, 1.807) is 11.8 Å². The van der Waals surface area contributed by atoms with Gasteiger partial charge < -0.3 is 9.30 Å². The van der Waals surface area contributed by atoms with Crippen LogP contribution in [0.3, 0.4) is 0 Å². The first-order chi connectivity index (χ1) is 12.7. The summed E-state index contributed by atoms with van der Waals surface area (Å²) in [7, 11) is 0. The fraction of sp³-hybridized carbons (Fsp3) is 0.333. The van der Waals surface area contributed by atoms with Gasteiger partial charge in [-0.3, -0.25) is 4.79 Å². The number of hydrogen-bond donors (Lipinski definition) is 0. The lowest BCUT2D eigenvalue weighted by molar-refractivity contribution is 0.0635. The summed E-state index contributed by atoms with van der Waals surface area (Å²) in [6.07, 6.45) is 7.53. The van der Waals surface area contributed by atoms with Gasteiger partial charge in [-0.25, -0.2) is 4.98 Å². The zero-order chi connectivity index (χ0) is 17.9. The van der Waals surface area contributed by atoms with E-state index >= 15 is 0 Å². The first-order valence-corrected chi connectivity index (χ1v) is 10.2. The molecule has 1 aliphatic heterocycles.